The molecule has 2 rings (SSSR count). The van der Waals surface area contributed by atoms with E-state index in [-0.39, 0.29) is 24.9 Å². The first-order chi connectivity index (χ1) is 10.6. The summed E-state index contributed by atoms with van der Waals surface area (Å²) in [6.07, 6.45) is 0.891. The van der Waals surface area contributed by atoms with E-state index >= 15 is 0 Å². The molecule has 0 radical (unpaired) electrons. The number of hydrogen-bond acceptors (Lipinski definition) is 4. The highest BCUT2D eigenvalue weighted by atomic mass is 16.2. The van der Waals surface area contributed by atoms with E-state index in [4.69, 9.17) is 10.5 Å². The molecule has 1 aromatic rings. The van der Waals surface area contributed by atoms with Gasteiger partial charge in [0.15, 0.2) is 0 Å². The fourth-order valence-corrected chi connectivity index (χ4v) is 2.21. The Hall–Kier alpha value is -2.86. The van der Waals surface area contributed by atoms with E-state index in [1.165, 1.54) is 0 Å². The van der Waals surface area contributed by atoms with Crippen LogP contribution < -0.4 is 5.32 Å². The first kappa shape index (κ1) is 15.5. The molecule has 1 aliphatic carbocycles. The number of carbonyl (C=O) groups excluding carboxylic acids is 2. The summed E-state index contributed by atoms with van der Waals surface area (Å²) in [5.41, 5.74) is 0.885. The summed E-state index contributed by atoms with van der Waals surface area (Å²) in [7, 11) is 0. The summed E-state index contributed by atoms with van der Waals surface area (Å²) in [5.74, 6) is 0.0154. The lowest BCUT2D eigenvalue weighted by atomic mass is 10.1. The molecule has 0 heterocycles. The molecule has 1 aromatic carbocycles. The van der Waals surface area contributed by atoms with Gasteiger partial charge in [0.25, 0.3) is 5.91 Å². The topological polar surface area (TPSA) is 97.0 Å². The van der Waals surface area contributed by atoms with Gasteiger partial charge >= 0.3 is 0 Å². The Morgan fingerprint density at radius 2 is 1.95 bits per heavy atom. The number of nitriles is 2. The highest BCUT2D eigenvalue weighted by molar-refractivity contribution is 5.98. The van der Waals surface area contributed by atoms with Gasteiger partial charge in [0.05, 0.1) is 12.1 Å². The second kappa shape index (κ2) is 6.73. The third-order valence-electron chi connectivity index (χ3n) is 3.63. The Labute approximate surface area is 128 Å². The molecule has 112 valence electrons. The summed E-state index contributed by atoms with van der Waals surface area (Å²) in [6, 6.07) is 10.3. The molecule has 2 unspecified atom stereocenters. The minimum absolute atomic E-state index is 0.0389. The molecule has 0 aromatic heterocycles. The van der Waals surface area contributed by atoms with Gasteiger partial charge < -0.3 is 10.2 Å². The molecule has 0 spiro atoms. The second-order valence-corrected chi connectivity index (χ2v) is 5.37. The van der Waals surface area contributed by atoms with Crippen molar-refractivity contribution in [1.82, 2.24) is 4.90 Å². The fraction of sp³-hybridized carbons (Fsp3) is 0.375. The summed E-state index contributed by atoms with van der Waals surface area (Å²) >= 11 is 0. The summed E-state index contributed by atoms with van der Waals surface area (Å²) in [5, 5.41) is 20.2. The maximum absolute atomic E-state index is 12.3. The van der Waals surface area contributed by atoms with Crippen molar-refractivity contribution in [2.45, 2.75) is 13.3 Å². The number of amides is 2. The standard InChI is InChI=1S/C16H16N4O2/c1-11-9-14(11)15(21)19-13-4-2-3-12(10-13)16(22)20(7-5-17)8-6-18/h2-4,10-11,14H,7-9H2,1H3,(H,19,21). The number of benzene rings is 1. The van der Waals surface area contributed by atoms with Gasteiger partial charge in [0.2, 0.25) is 5.91 Å². The molecule has 1 aliphatic rings. The monoisotopic (exact) mass is 296 g/mol. The highest BCUT2D eigenvalue weighted by Crippen LogP contribution is 2.38. The Bertz CT molecular complexity index is 655. The van der Waals surface area contributed by atoms with E-state index in [0.29, 0.717) is 17.2 Å². The lowest BCUT2D eigenvalue weighted by Crippen LogP contribution is -2.31. The summed E-state index contributed by atoms with van der Waals surface area (Å²) in [6.45, 7) is 1.72. The van der Waals surface area contributed by atoms with E-state index in [0.717, 1.165) is 11.3 Å². The van der Waals surface area contributed by atoms with Crippen LogP contribution in [0.2, 0.25) is 0 Å². The minimum Gasteiger partial charge on any atom is -0.326 e. The Morgan fingerprint density at radius 3 is 2.50 bits per heavy atom. The van der Waals surface area contributed by atoms with Gasteiger partial charge in [-0.1, -0.05) is 13.0 Å². The predicted molar refractivity (Wildman–Crippen MR) is 79.5 cm³/mol. The first-order valence-corrected chi connectivity index (χ1v) is 7.01. The van der Waals surface area contributed by atoms with Crippen molar-refractivity contribution in [2.24, 2.45) is 11.8 Å². The van der Waals surface area contributed by atoms with E-state index in [1.54, 1.807) is 24.3 Å². The second-order valence-electron chi connectivity index (χ2n) is 5.37. The minimum atomic E-state index is -0.404. The third kappa shape index (κ3) is 3.62. The fourth-order valence-electron chi connectivity index (χ4n) is 2.21. The molecule has 6 heteroatoms. The molecule has 1 saturated carbocycles. The lowest BCUT2D eigenvalue weighted by Gasteiger charge is -2.16. The van der Waals surface area contributed by atoms with Gasteiger partial charge in [-0.05, 0) is 30.5 Å². The van der Waals surface area contributed by atoms with Gasteiger partial charge in [-0.25, -0.2) is 0 Å². The first-order valence-electron chi connectivity index (χ1n) is 7.01. The molecule has 1 fully saturated rings. The third-order valence-corrected chi connectivity index (χ3v) is 3.63. The number of nitrogens with zero attached hydrogens (tertiary/aromatic N) is 3. The van der Waals surface area contributed by atoms with Crippen LogP contribution in [0.4, 0.5) is 5.69 Å². The van der Waals surface area contributed by atoms with Gasteiger partial charge in [0.1, 0.15) is 13.1 Å². The average molecular weight is 296 g/mol. The maximum atomic E-state index is 12.3. The van der Waals surface area contributed by atoms with Gasteiger partial charge in [-0.3, -0.25) is 9.59 Å². The van der Waals surface area contributed by atoms with E-state index in [2.05, 4.69) is 5.32 Å². The lowest BCUT2D eigenvalue weighted by molar-refractivity contribution is -0.117. The summed E-state index contributed by atoms with van der Waals surface area (Å²) < 4.78 is 0. The Morgan fingerprint density at radius 1 is 1.32 bits per heavy atom. The molecule has 6 nitrogen and oxygen atoms in total. The average Bonchev–Trinajstić information content (AvgIpc) is 3.24. The van der Waals surface area contributed by atoms with Crippen LogP contribution in [0.3, 0.4) is 0 Å². The van der Waals surface area contributed by atoms with Crippen molar-refractivity contribution in [3.05, 3.63) is 29.8 Å². The molecule has 1 N–H and O–H groups in total. The van der Waals surface area contributed by atoms with Crippen molar-refractivity contribution in [3.63, 3.8) is 0 Å². The maximum Gasteiger partial charge on any atom is 0.255 e. The van der Waals surface area contributed by atoms with Crippen LogP contribution in [0.5, 0.6) is 0 Å². The number of nitrogens with one attached hydrogen (secondary N) is 1. The van der Waals surface area contributed by atoms with Crippen molar-refractivity contribution in [1.29, 1.82) is 10.5 Å². The molecule has 0 bridgehead atoms. The zero-order valence-corrected chi connectivity index (χ0v) is 12.2. The van der Waals surface area contributed by atoms with Gasteiger partial charge in [-0.15, -0.1) is 0 Å². The van der Waals surface area contributed by atoms with Crippen LogP contribution in [-0.2, 0) is 4.79 Å². The van der Waals surface area contributed by atoms with Crippen LogP contribution in [-0.4, -0.2) is 29.8 Å². The van der Waals surface area contributed by atoms with Crippen LogP contribution in [0, 0.1) is 34.5 Å². The smallest absolute Gasteiger partial charge is 0.255 e. The van der Waals surface area contributed by atoms with Crippen LogP contribution >= 0.6 is 0 Å². The normalized spacial score (nSPS) is 18.7. The largest absolute Gasteiger partial charge is 0.326 e. The number of hydrogen-bond donors (Lipinski definition) is 1. The van der Waals surface area contributed by atoms with Crippen LogP contribution in [0.25, 0.3) is 0 Å². The molecule has 2 atom stereocenters. The van der Waals surface area contributed by atoms with Gasteiger partial charge in [0, 0.05) is 17.2 Å². The number of anilines is 1. The Kier molecular flexibility index (Phi) is 4.75. The molecule has 0 saturated heterocycles. The zero-order valence-electron chi connectivity index (χ0n) is 12.2. The quantitative estimate of drug-likeness (QED) is 0.837. The molecule has 2 amide bonds. The predicted octanol–water partition coefficient (Wildman–Crippen LogP) is 1.77. The zero-order chi connectivity index (χ0) is 16.1. The molecular weight excluding hydrogens is 280 g/mol. The Balaban J connectivity index is 2.10. The van der Waals surface area contributed by atoms with E-state index < -0.39 is 5.91 Å². The van der Waals surface area contributed by atoms with Crippen molar-refractivity contribution >= 4 is 17.5 Å². The SMILES string of the molecule is CC1CC1C(=O)Nc1cccc(C(=O)N(CC#N)CC#N)c1. The number of rotatable bonds is 5. The van der Waals surface area contributed by atoms with E-state index in [9.17, 15) is 9.59 Å². The summed E-state index contributed by atoms with van der Waals surface area (Å²) in [4.78, 5) is 25.3. The van der Waals surface area contributed by atoms with Crippen LogP contribution in [0.15, 0.2) is 24.3 Å². The van der Waals surface area contributed by atoms with Crippen molar-refractivity contribution in [3.8, 4) is 12.1 Å². The number of carbonyl (C=O) groups is 2. The molecule has 0 aliphatic heterocycles. The van der Waals surface area contributed by atoms with Gasteiger partial charge in [-0.2, -0.15) is 10.5 Å². The van der Waals surface area contributed by atoms with Crippen molar-refractivity contribution < 1.29 is 9.59 Å². The molecular formula is C16H16N4O2. The van der Waals surface area contributed by atoms with E-state index in [1.807, 2.05) is 19.1 Å². The van der Waals surface area contributed by atoms with Crippen LogP contribution in [0.1, 0.15) is 23.7 Å². The highest BCUT2D eigenvalue weighted by Gasteiger charge is 2.39. The van der Waals surface area contributed by atoms with Crippen molar-refractivity contribution in [2.75, 3.05) is 18.4 Å². The molecule has 22 heavy (non-hydrogen) atoms.